The highest BCUT2D eigenvalue weighted by Crippen LogP contribution is 2.11. The van der Waals surface area contributed by atoms with Gasteiger partial charge in [0.1, 0.15) is 4.99 Å². The largest absolute Gasteiger partial charge is 0.389 e. The number of benzene rings is 1. The van der Waals surface area contributed by atoms with E-state index in [4.69, 9.17) is 22.7 Å². The van der Waals surface area contributed by atoms with Crippen molar-refractivity contribution in [1.29, 1.82) is 0 Å². The fourth-order valence-electron chi connectivity index (χ4n) is 1.21. The summed E-state index contributed by atoms with van der Waals surface area (Å²) in [6.07, 6.45) is -0.196. The van der Waals surface area contributed by atoms with Crippen LogP contribution in [0.25, 0.3) is 0 Å². The molecule has 1 aromatic carbocycles. The minimum absolute atomic E-state index is 0.135. The molecule has 0 aliphatic carbocycles. The average molecular weight is 288 g/mol. The Morgan fingerprint density at radius 1 is 1.56 bits per heavy atom. The highest BCUT2D eigenvalue weighted by atomic mass is 32.2. The SMILES string of the molecule is COC(C)CNS(=O)(=O)c1cccc(C(N)=S)c1. The van der Waals surface area contributed by atoms with Crippen LogP contribution in [0.4, 0.5) is 0 Å². The summed E-state index contributed by atoms with van der Waals surface area (Å²) in [5, 5.41) is 0. The molecule has 0 spiro atoms. The molecule has 18 heavy (non-hydrogen) atoms. The van der Waals surface area contributed by atoms with Gasteiger partial charge < -0.3 is 10.5 Å². The van der Waals surface area contributed by atoms with Crippen LogP contribution in [0.3, 0.4) is 0 Å². The Morgan fingerprint density at radius 3 is 2.78 bits per heavy atom. The maximum atomic E-state index is 12.0. The maximum absolute atomic E-state index is 12.0. The van der Waals surface area contributed by atoms with E-state index in [0.29, 0.717) is 5.56 Å². The van der Waals surface area contributed by atoms with Gasteiger partial charge in [-0.3, -0.25) is 0 Å². The van der Waals surface area contributed by atoms with Gasteiger partial charge in [-0.15, -0.1) is 0 Å². The van der Waals surface area contributed by atoms with Crippen LogP contribution in [0.15, 0.2) is 29.2 Å². The summed E-state index contributed by atoms with van der Waals surface area (Å²) in [5.41, 5.74) is 5.99. The molecule has 0 aliphatic rings. The lowest BCUT2D eigenvalue weighted by molar-refractivity contribution is 0.122. The molecule has 7 heteroatoms. The topological polar surface area (TPSA) is 81.4 Å². The molecular formula is C11H16N2O3S2. The van der Waals surface area contributed by atoms with E-state index in [1.54, 1.807) is 19.1 Å². The first-order valence-corrected chi connectivity index (χ1v) is 7.18. The molecule has 0 aliphatic heterocycles. The van der Waals surface area contributed by atoms with Crippen molar-refractivity contribution < 1.29 is 13.2 Å². The zero-order valence-electron chi connectivity index (χ0n) is 10.2. The standard InChI is InChI=1S/C11H16N2O3S2/c1-8(16-2)7-13-18(14,15)10-5-3-4-9(6-10)11(12)17/h3-6,8,13H,7H2,1-2H3,(H2,12,17). The van der Waals surface area contributed by atoms with E-state index in [1.165, 1.54) is 19.2 Å². The minimum Gasteiger partial charge on any atom is -0.389 e. The van der Waals surface area contributed by atoms with Gasteiger partial charge in [-0.2, -0.15) is 0 Å². The van der Waals surface area contributed by atoms with Crippen molar-refractivity contribution in [3.8, 4) is 0 Å². The second kappa shape index (κ2) is 6.24. The molecule has 0 amide bonds. The van der Waals surface area contributed by atoms with Crippen LogP contribution in [-0.4, -0.2) is 33.2 Å². The number of sulfonamides is 1. The van der Waals surface area contributed by atoms with Gasteiger partial charge in [0.15, 0.2) is 0 Å². The van der Waals surface area contributed by atoms with Crippen LogP contribution < -0.4 is 10.5 Å². The fourth-order valence-corrected chi connectivity index (χ4v) is 2.50. The van der Waals surface area contributed by atoms with E-state index >= 15 is 0 Å². The Bertz CT molecular complexity index is 529. The first kappa shape index (κ1) is 15.0. The molecule has 3 N–H and O–H groups in total. The van der Waals surface area contributed by atoms with Gasteiger partial charge >= 0.3 is 0 Å². The predicted octanol–water partition coefficient (Wildman–Crippen LogP) is 0.634. The van der Waals surface area contributed by atoms with E-state index in [0.717, 1.165) is 0 Å². The predicted molar refractivity (Wildman–Crippen MR) is 74.0 cm³/mol. The third-order valence-electron chi connectivity index (χ3n) is 2.39. The van der Waals surface area contributed by atoms with Gasteiger partial charge in [0, 0.05) is 19.2 Å². The second-order valence-corrected chi connectivity index (χ2v) is 6.00. The van der Waals surface area contributed by atoms with E-state index in [1.807, 2.05) is 0 Å². The maximum Gasteiger partial charge on any atom is 0.240 e. The van der Waals surface area contributed by atoms with Gasteiger partial charge in [-0.25, -0.2) is 13.1 Å². The molecule has 0 heterocycles. The van der Waals surface area contributed by atoms with Crippen molar-refractivity contribution in [3.05, 3.63) is 29.8 Å². The zero-order valence-corrected chi connectivity index (χ0v) is 11.8. The third-order valence-corrected chi connectivity index (χ3v) is 4.05. The summed E-state index contributed by atoms with van der Waals surface area (Å²) in [7, 11) is -2.05. The van der Waals surface area contributed by atoms with Crippen molar-refractivity contribution in [2.75, 3.05) is 13.7 Å². The lowest BCUT2D eigenvalue weighted by Crippen LogP contribution is -2.31. The molecule has 0 fully saturated rings. The van der Waals surface area contributed by atoms with Gasteiger partial charge in [0.05, 0.1) is 11.0 Å². The number of hydrogen-bond acceptors (Lipinski definition) is 4. The molecule has 5 nitrogen and oxygen atoms in total. The molecule has 1 aromatic rings. The van der Waals surface area contributed by atoms with Crippen LogP contribution in [0.1, 0.15) is 12.5 Å². The highest BCUT2D eigenvalue weighted by Gasteiger charge is 2.15. The first-order chi connectivity index (χ1) is 8.36. The van der Waals surface area contributed by atoms with Gasteiger partial charge in [-0.05, 0) is 19.1 Å². The van der Waals surface area contributed by atoms with E-state index in [-0.39, 0.29) is 22.5 Å². The highest BCUT2D eigenvalue weighted by molar-refractivity contribution is 7.89. The van der Waals surface area contributed by atoms with Crippen molar-refractivity contribution in [3.63, 3.8) is 0 Å². The lowest BCUT2D eigenvalue weighted by atomic mass is 10.2. The summed E-state index contributed by atoms with van der Waals surface area (Å²) < 4.78 is 31.4. The number of methoxy groups -OCH3 is 1. The van der Waals surface area contributed by atoms with Crippen LogP contribution in [0, 0.1) is 0 Å². The molecule has 1 rings (SSSR count). The van der Waals surface area contributed by atoms with Crippen molar-refractivity contribution >= 4 is 27.2 Å². The molecular weight excluding hydrogens is 272 g/mol. The Labute approximate surface area is 112 Å². The van der Waals surface area contributed by atoms with E-state index in [9.17, 15) is 8.42 Å². The number of nitrogens with two attached hydrogens (primary N) is 1. The average Bonchev–Trinajstić information content (AvgIpc) is 2.36. The zero-order chi connectivity index (χ0) is 13.8. The fraction of sp³-hybridized carbons (Fsp3) is 0.364. The quantitative estimate of drug-likeness (QED) is 0.751. The summed E-state index contributed by atoms with van der Waals surface area (Å²) in [4.78, 5) is 0.299. The lowest BCUT2D eigenvalue weighted by Gasteiger charge is -2.11. The molecule has 0 aromatic heterocycles. The summed E-state index contributed by atoms with van der Waals surface area (Å²) in [6.45, 7) is 1.98. The molecule has 1 atom stereocenters. The molecule has 0 saturated carbocycles. The Balaban J connectivity index is 2.91. The second-order valence-electron chi connectivity index (χ2n) is 3.79. The van der Waals surface area contributed by atoms with Crippen LogP contribution >= 0.6 is 12.2 Å². The third kappa shape index (κ3) is 4.02. The molecule has 100 valence electrons. The minimum atomic E-state index is -3.57. The van der Waals surface area contributed by atoms with E-state index < -0.39 is 10.0 Å². The Morgan fingerprint density at radius 2 is 2.22 bits per heavy atom. The first-order valence-electron chi connectivity index (χ1n) is 5.29. The van der Waals surface area contributed by atoms with E-state index in [2.05, 4.69) is 4.72 Å². The van der Waals surface area contributed by atoms with Gasteiger partial charge in [0.25, 0.3) is 0 Å². The number of hydrogen-bond donors (Lipinski definition) is 2. The van der Waals surface area contributed by atoms with Gasteiger partial charge in [-0.1, -0.05) is 24.4 Å². The molecule has 1 unspecified atom stereocenters. The Kier molecular flexibility index (Phi) is 5.21. The molecule has 0 bridgehead atoms. The smallest absolute Gasteiger partial charge is 0.240 e. The van der Waals surface area contributed by atoms with Crippen molar-refractivity contribution in [2.24, 2.45) is 5.73 Å². The summed E-state index contributed by atoms with van der Waals surface area (Å²) in [6, 6.07) is 6.20. The number of nitrogens with one attached hydrogen (secondary N) is 1. The number of rotatable bonds is 6. The number of thiocarbonyl (C=S) groups is 1. The summed E-state index contributed by atoms with van der Waals surface area (Å²) >= 11 is 4.81. The van der Waals surface area contributed by atoms with Gasteiger partial charge in [0.2, 0.25) is 10.0 Å². The Hall–Kier alpha value is -1.02. The van der Waals surface area contributed by atoms with Crippen molar-refractivity contribution in [1.82, 2.24) is 4.72 Å². The van der Waals surface area contributed by atoms with Crippen LogP contribution in [-0.2, 0) is 14.8 Å². The normalized spacial score (nSPS) is 13.2. The van der Waals surface area contributed by atoms with Crippen LogP contribution in [0.5, 0.6) is 0 Å². The van der Waals surface area contributed by atoms with Crippen molar-refractivity contribution in [2.45, 2.75) is 17.9 Å². The van der Waals surface area contributed by atoms with Crippen LogP contribution in [0.2, 0.25) is 0 Å². The monoisotopic (exact) mass is 288 g/mol. The number of ether oxygens (including phenoxy) is 1. The molecule has 0 radical (unpaired) electrons. The summed E-state index contributed by atoms with van der Waals surface area (Å²) in [5.74, 6) is 0. The molecule has 0 saturated heterocycles.